The first-order chi connectivity index (χ1) is 16.7. The van der Waals surface area contributed by atoms with E-state index in [2.05, 4.69) is 20.5 Å². The molecule has 0 aliphatic carbocycles. The third kappa shape index (κ3) is 5.47. The molecule has 7 heteroatoms. The summed E-state index contributed by atoms with van der Waals surface area (Å²) in [5.41, 5.74) is 2.88. The van der Waals surface area contributed by atoms with Crippen molar-refractivity contribution in [3.8, 4) is 5.75 Å². The molecule has 180 valence electrons. The summed E-state index contributed by atoms with van der Waals surface area (Å²) in [5, 5.41) is 10.1. The number of carbonyl (C=O) groups excluding carboxylic acids is 1. The first-order valence-corrected chi connectivity index (χ1v) is 11.9. The van der Waals surface area contributed by atoms with Crippen molar-refractivity contribution in [2.24, 2.45) is 0 Å². The van der Waals surface area contributed by atoms with Crippen molar-refractivity contribution < 1.29 is 24.2 Å². The van der Waals surface area contributed by atoms with Crippen LogP contribution in [-0.4, -0.2) is 34.1 Å². The largest absolute Gasteiger partial charge is 0.497 e. The Morgan fingerprint density at radius 1 is 0.971 bits per heavy atom. The quantitative estimate of drug-likeness (QED) is 0.263. The number of aliphatic carboxylic acids is 1. The molecule has 1 N–H and O–H groups in total. The van der Waals surface area contributed by atoms with Crippen LogP contribution >= 0.6 is 15.9 Å². The van der Waals surface area contributed by atoms with Gasteiger partial charge in [0.15, 0.2) is 11.4 Å². The predicted molar refractivity (Wildman–Crippen MR) is 138 cm³/mol. The minimum absolute atomic E-state index is 0.0488. The average molecular weight is 536 g/mol. The summed E-state index contributed by atoms with van der Waals surface area (Å²) in [4.78, 5) is 24.6. The number of carboxylic acids is 1. The molecule has 1 aromatic heterocycles. The summed E-state index contributed by atoms with van der Waals surface area (Å²) in [6.07, 6.45) is 1.90. The molecule has 0 spiro atoms. The van der Waals surface area contributed by atoms with E-state index in [4.69, 9.17) is 9.47 Å². The topological polar surface area (TPSA) is 77.8 Å². The lowest BCUT2D eigenvalue weighted by Crippen LogP contribution is -2.34. The van der Waals surface area contributed by atoms with Gasteiger partial charge in [0.1, 0.15) is 5.75 Å². The SMILES string of the molecule is COc1ccc(C(=O)c2cn(Cc3ccc(COC(C)(C)C(=O)O)cc3)c3cc(Br)ccc23)cc1. The second-order valence-corrected chi connectivity index (χ2v) is 9.73. The molecule has 0 aliphatic rings. The van der Waals surface area contributed by atoms with Gasteiger partial charge in [0, 0.05) is 33.7 Å². The molecule has 35 heavy (non-hydrogen) atoms. The highest BCUT2D eigenvalue weighted by molar-refractivity contribution is 9.10. The molecule has 0 aliphatic heterocycles. The van der Waals surface area contributed by atoms with Gasteiger partial charge in [0.05, 0.1) is 19.2 Å². The van der Waals surface area contributed by atoms with Gasteiger partial charge in [0.25, 0.3) is 0 Å². The van der Waals surface area contributed by atoms with Crippen molar-refractivity contribution >= 4 is 38.6 Å². The number of hydrogen-bond donors (Lipinski definition) is 1. The van der Waals surface area contributed by atoms with Crippen molar-refractivity contribution in [3.63, 3.8) is 0 Å². The zero-order valence-electron chi connectivity index (χ0n) is 19.7. The van der Waals surface area contributed by atoms with Crippen molar-refractivity contribution in [3.05, 3.63) is 99.7 Å². The van der Waals surface area contributed by atoms with Crippen LogP contribution in [0.3, 0.4) is 0 Å². The fourth-order valence-electron chi connectivity index (χ4n) is 3.74. The van der Waals surface area contributed by atoms with Crippen LogP contribution in [-0.2, 0) is 22.7 Å². The van der Waals surface area contributed by atoms with Gasteiger partial charge in [-0.1, -0.05) is 46.3 Å². The van der Waals surface area contributed by atoms with Crippen LogP contribution in [0.5, 0.6) is 5.75 Å². The van der Waals surface area contributed by atoms with Crippen molar-refractivity contribution in [1.82, 2.24) is 4.57 Å². The van der Waals surface area contributed by atoms with Crippen LogP contribution in [0, 0.1) is 0 Å². The van der Waals surface area contributed by atoms with Crippen molar-refractivity contribution in [1.29, 1.82) is 0 Å². The molecule has 4 rings (SSSR count). The highest BCUT2D eigenvalue weighted by Gasteiger charge is 2.27. The molecule has 3 aromatic carbocycles. The molecule has 0 bridgehead atoms. The fourth-order valence-corrected chi connectivity index (χ4v) is 4.09. The number of benzene rings is 3. The van der Waals surface area contributed by atoms with E-state index >= 15 is 0 Å². The van der Waals surface area contributed by atoms with E-state index in [1.54, 1.807) is 31.4 Å². The van der Waals surface area contributed by atoms with Gasteiger partial charge < -0.3 is 19.1 Å². The van der Waals surface area contributed by atoms with E-state index in [0.29, 0.717) is 23.4 Å². The fraction of sp³-hybridized carbons (Fsp3) is 0.214. The minimum Gasteiger partial charge on any atom is -0.497 e. The van der Waals surface area contributed by atoms with Gasteiger partial charge in [-0.25, -0.2) is 4.79 Å². The maximum absolute atomic E-state index is 13.3. The number of rotatable bonds is 9. The first-order valence-electron chi connectivity index (χ1n) is 11.1. The zero-order chi connectivity index (χ0) is 25.2. The maximum Gasteiger partial charge on any atom is 0.335 e. The molecular weight excluding hydrogens is 510 g/mol. The summed E-state index contributed by atoms with van der Waals surface area (Å²) in [5.74, 6) is -0.347. The van der Waals surface area contributed by atoms with Crippen LogP contribution in [0.1, 0.15) is 40.9 Å². The van der Waals surface area contributed by atoms with E-state index in [-0.39, 0.29) is 12.4 Å². The molecule has 4 aromatic rings. The third-order valence-electron chi connectivity index (χ3n) is 5.93. The van der Waals surface area contributed by atoms with E-state index in [9.17, 15) is 14.7 Å². The standard InChI is InChI=1S/C28H26BrNO5/c1-28(2,27(32)33)35-17-19-6-4-18(5-7-19)15-30-16-24(23-13-10-21(29)14-25(23)30)26(31)20-8-11-22(34-3)12-9-20/h4-14,16H,15,17H2,1-3H3,(H,32,33). The summed E-state index contributed by atoms with van der Waals surface area (Å²) in [7, 11) is 1.60. The van der Waals surface area contributed by atoms with E-state index < -0.39 is 11.6 Å². The Kier molecular flexibility index (Phi) is 7.10. The summed E-state index contributed by atoms with van der Waals surface area (Å²) >= 11 is 3.54. The molecule has 0 atom stereocenters. The van der Waals surface area contributed by atoms with Crippen LogP contribution in [0.2, 0.25) is 0 Å². The van der Waals surface area contributed by atoms with Gasteiger partial charge in [-0.05, 0) is 61.4 Å². The summed E-state index contributed by atoms with van der Waals surface area (Å²) < 4.78 is 13.7. The molecule has 0 saturated heterocycles. The number of carboxylic acid groups (broad SMARTS) is 1. The number of ether oxygens (including phenoxy) is 2. The highest BCUT2D eigenvalue weighted by Crippen LogP contribution is 2.28. The molecule has 1 heterocycles. The normalized spacial score (nSPS) is 11.5. The van der Waals surface area contributed by atoms with Crippen LogP contribution in [0.4, 0.5) is 0 Å². The van der Waals surface area contributed by atoms with Crippen LogP contribution < -0.4 is 4.74 Å². The Bertz CT molecular complexity index is 1370. The second-order valence-electron chi connectivity index (χ2n) is 8.81. The van der Waals surface area contributed by atoms with Crippen molar-refractivity contribution in [2.45, 2.75) is 32.6 Å². The van der Waals surface area contributed by atoms with E-state index in [1.165, 1.54) is 13.8 Å². The average Bonchev–Trinajstić information content (AvgIpc) is 3.20. The molecule has 0 saturated carbocycles. The number of carbonyl (C=O) groups is 2. The molecule has 0 amide bonds. The lowest BCUT2D eigenvalue weighted by molar-refractivity contribution is -0.162. The van der Waals surface area contributed by atoms with Crippen LogP contribution in [0.25, 0.3) is 10.9 Å². The number of methoxy groups -OCH3 is 1. The van der Waals surface area contributed by atoms with Gasteiger partial charge in [-0.3, -0.25) is 4.79 Å². The summed E-state index contributed by atoms with van der Waals surface area (Å²) in [6.45, 7) is 3.84. The molecule has 0 unspecified atom stereocenters. The highest BCUT2D eigenvalue weighted by atomic mass is 79.9. The predicted octanol–water partition coefficient (Wildman–Crippen LogP) is 6.07. The number of hydrogen-bond acceptors (Lipinski definition) is 4. The maximum atomic E-state index is 13.3. The number of ketones is 1. The lowest BCUT2D eigenvalue weighted by atomic mass is 10.0. The molecule has 0 fully saturated rings. The van der Waals surface area contributed by atoms with Gasteiger partial charge in [-0.2, -0.15) is 0 Å². The van der Waals surface area contributed by atoms with Gasteiger partial charge in [-0.15, -0.1) is 0 Å². The third-order valence-corrected chi connectivity index (χ3v) is 6.43. The first kappa shape index (κ1) is 24.7. The Labute approximate surface area is 212 Å². The molecular formula is C28H26BrNO5. The second kappa shape index (κ2) is 10.1. The van der Waals surface area contributed by atoms with E-state index in [1.807, 2.05) is 48.7 Å². The minimum atomic E-state index is -1.25. The Hall–Kier alpha value is -3.42. The number of fused-ring (bicyclic) bond motifs is 1. The van der Waals surface area contributed by atoms with Gasteiger partial charge >= 0.3 is 5.97 Å². The number of aromatic nitrogens is 1. The summed E-state index contributed by atoms with van der Waals surface area (Å²) in [6, 6.07) is 20.8. The molecule has 0 radical (unpaired) electrons. The Morgan fingerprint density at radius 3 is 2.26 bits per heavy atom. The van der Waals surface area contributed by atoms with Crippen molar-refractivity contribution in [2.75, 3.05) is 7.11 Å². The monoisotopic (exact) mass is 535 g/mol. The Morgan fingerprint density at radius 2 is 1.63 bits per heavy atom. The smallest absolute Gasteiger partial charge is 0.335 e. The van der Waals surface area contributed by atoms with Crippen LogP contribution in [0.15, 0.2) is 77.4 Å². The molecule has 6 nitrogen and oxygen atoms in total. The van der Waals surface area contributed by atoms with Gasteiger partial charge in [0.2, 0.25) is 0 Å². The lowest BCUT2D eigenvalue weighted by Gasteiger charge is -2.20. The Balaban J connectivity index is 1.59. The number of halogens is 1. The number of nitrogens with zero attached hydrogens (tertiary/aromatic N) is 1. The van der Waals surface area contributed by atoms with E-state index in [0.717, 1.165) is 26.5 Å². The zero-order valence-corrected chi connectivity index (χ0v) is 21.3.